The van der Waals surface area contributed by atoms with Gasteiger partial charge in [-0.2, -0.15) is 11.8 Å². The molecule has 0 fully saturated rings. The molecule has 1 atom stereocenters. The highest BCUT2D eigenvalue weighted by Crippen LogP contribution is 2.19. The van der Waals surface area contributed by atoms with Crippen molar-refractivity contribution in [3.05, 3.63) is 59.9 Å². The van der Waals surface area contributed by atoms with Gasteiger partial charge in [0.25, 0.3) is 5.91 Å². The van der Waals surface area contributed by atoms with Crippen LogP contribution in [0.5, 0.6) is 11.5 Å². The van der Waals surface area contributed by atoms with E-state index < -0.39 is 6.10 Å². The molecular formula is C20H24FNO3S. The van der Waals surface area contributed by atoms with Crippen LogP contribution in [0.4, 0.5) is 4.39 Å². The summed E-state index contributed by atoms with van der Waals surface area (Å²) in [6.45, 7) is 2.42. The number of halogens is 1. The smallest absolute Gasteiger partial charge is 0.261 e. The van der Waals surface area contributed by atoms with E-state index in [0.29, 0.717) is 35.8 Å². The zero-order valence-electron chi connectivity index (χ0n) is 15.0. The zero-order valence-corrected chi connectivity index (χ0v) is 15.9. The van der Waals surface area contributed by atoms with Crippen LogP contribution >= 0.6 is 11.8 Å². The summed E-state index contributed by atoms with van der Waals surface area (Å²) in [6, 6.07) is 13.9. The first-order chi connectivity index (χ1) is 12.6. The Bertz CT molecular complexity index is 694. The Morgan fingerprint density at radius 1 is 1.15 bits per heavy atom. The molecule has 0 unspecified atom stereocenters. The molecule has 2 rings (SSSR count). The van der Waals surface area contributed by atoms with Crippen LogP contribution in [-0.4, -0.2) is 31.4 Å². The molecule has 0 saturated carbocycles. The summed E-state index contributed by atoms with van der Waals surface area (Å²) < 4.78 is 24.4. The molecule has 2 aromatic carbocycles. The van der Waals surface area contributed by atoms with Gasteiger partial charge in [-0.25, -0.2) is 4.39 Å². The summed E-state index contributed by atoms with van der Waals surface area (Å²) in [6.07, 6.45) is 0.0280. The molecular weight excluding hydrogens is 353 g/mol. The first-order valence-corrected chi connectivity index (χ1v) is 9.69. The molecule has 4 nitrogen and oxygen atoms in total. The van der Waals surface area contributed by atoms with Gasteiger partial charge in [-0.1, -0.05) is 25.1 Å². The van der Waals surface area contributed by atoms with Crippen LogP contribution in [0.2, 0.25) is 0 Å². The monoisotopic (exact) mass is 377 g/mol. The number of nitrogens with one attached hydrogen (secondary N) is 1. The lowest BCUT2D eigenvalue weighted by Gasteiger charge is -2.17. The second-order valence-corrected chi connectivity index (χ2v) is 6.73. The Balaban J connectivity index is 1.71. The molecule has 0 aliphatic rings. The van der Waals surface area contributed by atoms with Gasteiger partial charge in [0.15, 0.2) is 6.10 Å². The Morgan fingerprint density at radius 3 is 2.50 bits per heavy atom. The van der Waals surface area contributed by atoms with E-state index >= 15 is 0 Å². The van der Waals surface area contributed by atoms with Gasteiger partial charge in [0.1, 0.15) is 17.3 Å². The minimum Gasteiger partial charge on any atom is -0.497 e. The minimum absolute atomic E-state index is 0.144. The molecule has 0 saturated heterocycles. The molecule has 26 heavy (non-hydrogen) atoms. The number of carbonyl (C=O) groups excluding carboxylic acids is 1. The topological polar surface area (TPSA) is 47.6 Å². The lowest BCUT2D eigenvalue weighted by atomic mass is 10.2. The third-order valence-electron chi connectivity index (χ3n) is 3.76. The maximum atomic E-state index is 13.5. The summed E-state index contributed by atoms with van der Waals surface area (Å²) in [5, 5.41) is 2.87. The number of hydrogen-bond acceptors (Lipinski definition) is 4. The molecule has 6 heteroatoms. The number of hydrogen-bond donors (Lipinski definition) is 1. The highest BCUT2D eigenvalue weighted by molar-refractivity contribution is 7.98. The molecule has 0 spiro atoms. The van der Waals surface area contributed by atoms with Crippen LogP contribution in [0.1, 0.15) is 18.9 Å². The molecule has 1 N–H and O–H groups in total. The van der Waals surface area contributed by atoms with Gasteiger partial charge >= 0.3 is 0 Å². The van der Waals surface area contributed by atoms with Crippen molar-refractivity contribution in [1.82, 2.24) is 5.32 Å². The number of methoxy groups -OCH3 is 1. The van der Waals surface area contributed by atoms with Gasteiger partial charge in [-0.05, 0) is 42.3 Å². The number of benzene rings is 2. The molecule has 0 bridgehead atoms. The molecule has 140 valence electrons. The summed E-state index contributed by atoms with van der Waals surface area (Å²) in [5.41, 5.74) is 0.679. The van der Waals surface area contributed by atoms with Crippen molar-refractivity contribution in [2.45, 2.75) is 25.2 Å². The quantitative estimate of drug-likeness (QED) is 0.635. The second-order valence-electron chi connectivity index (χ2n) is 5.63. The van der Waals surface area contributed by atoms with Gasteiger partial charge in [-0.3, -0.25) is 4.79 Å². The van der Waals surface area contributed by atoms with Crippen molar-refractivity contribution in [2.75, 3.05) is 19.4 Å². The largest absolute Gasteiger partial charge is 0.497 e. The van der Waals surface area contributed by atoms with Crippen molar-refractivity contribution in [2.24, 2.45) is 0 Å². The molecule has 0 aliphatic heterocycles. The fourth-order valence-electron chi connectivity index (χ4n) is 2.30. The van der Waals surface area contributed by atoms with Crippen LogP contribution in [-0.2, 0) is 10.5 Å². The third kappa shape index (κ3) is 6.26. The molecule has 0 heterocycles. The van der Waals surface area contributed by atoms with E-state index in [-0.39, 0.29) is 11.7 Å². The van der Waals surface area contributed by atoms with E-state index in [9.17, 15) is 9.18 Å². The van der Waals surface area contributed by atoms with E-state index in [4.69, 9.17) is 9.47 Å². The summed E-state index contributed by atoms with van der Waals surface area (Å²) in [7, 11) is 1.60. The molecule has 2 aromatic rings. The zero-order chi connectivity index (χ0) is 18.8. The van der Waals surface area contributed by atoms with Gasteiger partial charge in [0.05, 0.1) is 7.11 Å². The average Bonchev–Trinajstić information content (AvgIpc) is 2.67. The SMILES string of the molecule is CC[C@H](Oc1ccc(OC)cc1)C(=O)NCCSCc1ccccc1F. The third-order valence-corrected chi connectivity index (χ3v) is 4.77. The predicted octanol–water partition coefficient (Wildman–Crippen LogP) is 4.04. The number of carbonyl (C=O) groups is 1. The van der Waals surface area contributed by atoms with Gasteiger partial charge in [0, 0.05) is 18.1 Å². The van der Waals surface area contributed by atoms with Crippen molar-refractivity contribution in [3.63, 3.8) is 0 Å². The Morgan fingerprint density at radius 2 is 1.85 bits per heavy atom. The fraction of sp³-hybridized carbons (Fsp3) is 0.350. The number of thioether (sulfide) groups is 1. The minimum atomic E-state index is -0.542. The summed E-state index contributed by atoms with van der Waals surface area (Å²) >= 11 is 1.58. The van der Waals surface area contributed by atoms with E-state index in [0.717, 1.165) is 5.75 Å². The first-order valence-electron chi connectivity index (χ1n) is 8.53. The van der Waals surface area contributed by atoms with E-state index in [1.54, 1.807) is 55.3 Å². The normalized spacial score (nSPS) is 11.7. The molecule has 0 radical (unpaired) electrons. The Hall–Kier alpha value is -2.21. The van der Waals surface area contributed by atoms with E-state index in [1.807, 2.05) is 13.0 Å². The van der Waals surface area contributed by atoms with E-state index in [1.165, 1.54) is 6.07 Å². The Kier molecular flexibility index (Phi) is 8.28. The van der Waals surface area contributed by atoms with Crippen molar-refractivity contribution >= 4 is 17.7 Å². The van der Waals surface area contributed by atoms with Gasteiger partial charge in [-0.15, -0.1) is 0 Å². The van der Waals surface area contributed by atoms with Crippen molar-refractivity contribution in [3.8, 4) is 11.5 Å². The van der Waals surface area contributed by atoms with Crippen LogP contribution in [0.3, 0.4) is 0 Å². The highest BCUT2D eigenvalue weighted by atomic mass is 32.2. The maximum absolute atomic E-state index is 13.5. The van der Waals surface area contributed by atoms with Crippen LogP contribution in [0, 0.1) is 5.82 Å². The standard InChI is InChI=1S/C20H24FNO3S/c1-3-19(25-17-10-8-16(24-2)9-11-17)20(23)22-12-13-26-14-15-6-4-5-7-18(15)21/h4-11,19H,3,12-14H2,1-2H3,(H,22,23)/t19-/m0/s1. The predicted molar refractivity (Wildman–Crippen MR) is 103 cm³/mol. The van der Waals surface area contributed by atoms with Crippen molar-refractivity contribution in [1.29, 1.82) is 0 Å². The summed E-state index contributed by atoms with van der Waals surface area (Å²) in [5.74, 6) is 2.32. The lowest BCUT2D eigenvalue weighted by Crippen LogP contribution is -2.39. The van der Waals surface area contributed by atoms with Crippen LogP contribution in [0.25, 0.3) is 0 Å². The molecule has 0 aromatic heterocycles. The number of rotatable bonds is 10. The van der Waals surface area contributed by atoms with Gasteiger partial charge in [0.2, 0.25) is 0 Å². The van der Waals surface area contributed by atoms with Crippen LogP contribution in [0.15, 0.2) is 48.5 Å². The lowest BCUT2D eigenvalue weighted by molar-refractivity contribution is -0.127. The molecule has 0 aliphatic carbocycles. The second kappa shape index (κ2) is 10.7. The number of ether oxygens (including phenoxy) is 2. The Labute approximate surface area is 158 Å². The maximum Gasteiger partial charge on any atom is 0.261 e. The number of amides is 1. The average molecular weight is 377 g/mol. The highest BCUT2D eigenvalue weighted by Gasteiger charge is 2.17. The molecule has 1 amide bonds. The first kappa shape index (κ1) is 20.1. The van der Waals surface area contributed by atoms with E-state index in [2.05, 4.69) is 5.32 Å². The van der Waals surface area contributed by atoms with Crippen molar-refractivity contribution < 1.29 is 18.7 Å². The van der Waals surface area contributed by atoms with Crippen LogP contribution < -0.4 is 14.8 Å². The summed E-state index contributed by atoms with van der Waals surface area (Å²) in [4.78, 5) is 12.3. The van der Waals surface area contributed by atoms with Gasteiger partial charge < -0.3 is 14.8 Å². The fourth-order valence-corrected chi connectivity index (χ4v) is 3.14.